The molecule has 0 aliphatic heterocycles. The highest BCUT2D eigenvalue weighted by atomic mass is 16.5. The lowest BCUT2D eigenvalue weighted by atomic mass is 10.2. The quantitative estimate of drug-likeness (QED) is 0.726. The van der Waals surface area contributed by atoms with Gasteiger partial charge in [0.15, 0.2) is 0 Å². The Labute approximate surface area is 84.8 Å². The van der Waals surface area contributed by atoms with Gasteiger partial charge in [-0.25, -0.2) is 0 Å². The zero-order valence-electron chi connectivity index (χ0n) is 8.44. The summed E-state index contributed by atoms with van der Waals surface area (Å²) in [7, 11) is 1.66. The van der Waals surface area contributed by atoms with E-state index in [1.54, 1.807) is 7.11 Å². The molecule has 0 aliphatic carbocycles. The molecular weight excluding hydrogens is 176 g/mol. The Bertz CT molecular complexity index is 292. The van der Waals surface area contributed by atoms with Crippen molar-refractivity contribution < 1.29 is 9.84 Å². The number of unbranched alkanes of at least 4 members (excludes halogenated alkanes) is 1. The zero-order chi connectivity index (χ0) is 10.2. The molecule has 0 saturated carbocycles. The smallest absolute Gasteiger partial charge is 0.119 e. The van der Waals surface area contributed by atoms with E-state index in [9.17, 15) is 0 Å². The van der Waals surface area contributed by atoms with Crippen LogP contribution in [0, 0.1) is 0 Å². The first kappa shape index (κ1) is 10.8. The van der Waals surface area contributed by atoms with Gasteiger partial charge in [-0.15, -0.1) is 0 Å². The first-order chi connectivity index (χ1) is 6.86. The summed E-state index contributed by atoms with van der Waals surface area (Å²) in [5, 5.41) is 8.59. The van der Waals surface area contributed by atoms with Crippen molar-refractivity contribution in [1.82, 2.24) is 0 Å². The average Bonchev–Trinajstić information content (AvgIpc) is 2.25. The number of aliphatic hydroxyl groups excluding tert-OH is 1. The first-order valence-corrected chi connectivity index (χ1v) is 4.78. The van der Waals surface area contributed by atoms with Crippen LogP contribution in [0.3, 0.4) is 0 Å². The number of allylic oxidation sites excluding steroid dienone is 1. The highest BCUT2D eigenvalue weighted by molar-refractivity contribution is 5.51. The normalized spacial score (nSPS) is 10.7. The maximum absolute atomic E-state index is 8.59. The molecule has 1 N–H and O–H groups in total. The molecule has 1 aromatic rings. The van der Waals surface area contributed by atoms with Gasteiger partial charge >= 0.3 is 0 Å². The predicted molar refractivity (Wildman–Crippen MR) is 58.3 cm³/mol. The third-order valence-corrected chi connectivity index (χ3v) is 1.93. The van der Waals surface area contributed by atoms with E-state index in [0.717, 1.165) is 24.2 Å². The number of methoxy groups -OCH3 is 1. The molecule has 0 amide bonds. The van der Waals surface area contributed by atoms with Crippen molar-refractivity contribution in [1.29, 1.82) is 0 Å². The fraction of sp³-hybridized carbons (Fsp3) is 0.333. The molecule has 0 saturated heterocycles. The molecule has 0 spiro atoms. The van der Waals surface area contributed by atoms with Crippen molar-refractivity contribution in [3.63, 3.8) is 0 Å². The summed E-state index contributed by atoms with van der Waals surface area (Å²) in [6.45, 7) is 0.252. The van der Waals surface area contributed by atoms with Gasteiger partial charge < -0.3 is 9.84 Å². The minimum absolute atomic E-state index is 0.252. The summed E-state index contributed by atoms with van der Waals surface area (Å²) in [6, 6.07) is 7.89. The molecule has 0 aliphatic rings. The molecule has 0 fully saturated rings. The van der Waals surface area contributed by atoms with Crippen molar-refractivity contribution >= 4 is 6.08 Å². The molecule has 0 aromatic heterocycles. The Kier molecular flexibility index (Phi) is 4.79. The summed E-state index contributed by atoms with van der Waals surface area (Å²) in [6.07, 6.45) is 5.83. The Morgan fingerprint density at radius 2 is 2.29 bits per heavy atom. The third-order valence-electron chi connectivity index (χ3n) is 1.93. The largest absolute Gasteiger partial charge is 0.497 e. The van der Waals surface area contributed by atoms with Gasteiger partial charge in [0, 0.05) is 6.61 Å². The lowest BCUT2D eigenvalue weighted by Gasteiger charge is -1.99. The van der Waals surface area contributed by atoms with Gasteiger partial charge in [-0.3, -0.25) is 0 Å². The van der Waals surface area contributed by atoms with E-state index in [0.29, 0.717) is 0 Å². The van der Waals surface area contributed by atoms with Crippen LogP contribution in [0.5, 0.6) is 5.75 Å². The van der Waals surface area contributed by atoms with E-state index in [-0.39, 0.29) is 6.61 Å². The molecule has 0 bridgehead atoms. The molecular formula is C12H16O2. The summed E-state index contributed by atoms with van der Waals surface area (Å²) < 4.78 is 5.11. The highest BCUT2D eigenvalue weighted by Gasteiger charge is 1.90. The zero-order valence-corrected chi connectivity index (χ0v) is 8.44. The molecule has 1 aromatic carbocycles. The number of ether oxygens (including phenoxy) is 1. The number of hydrogen-bond acceptors (Lipinski definition) is 2. The van der Waals surface area contributed by atoms with Crippen LogP contribution in [0.1, 0.15) is 18.4 Å². The van der Waals surface area contributed by atoms with E-state index in [1.807, 2.05) is 30.3 Å². The number of hydrogen-bond donors (Lipinski definition) is 1. The van der Waals surface area contributed by atoms with E-state index in [1.165, 1.54) is 0 Å². The second-order valence-corrected chi connectivity index (χ2v) is 3.04. The SMILES string of the molecule is COc1cccc(/C=C/CCCO)c1. The van der Waals surface area contributed by atoms with Crippen molar-refractivity contribution in [2.45, 2.75) is 12.8 Å². The van der Waals surface area contributed by atoms with E-state index in [4.69, 9.17) is 9.84 Å². The molecule has 1 rings (SSSR count). The molecule has 76 valence electrons. The monoisotopic (exact) mass is 192 g/mol. The minimum Gasteiger partial charge on any atom is -0.497 e. The van der Waals surface area contributed by atoms with Gasteiger partial charge in [0.2, 0.25) is 0 Å². The number of rotatable bonds is 5. The van der Waals surface area contributed by atoms with Gasteiger partial charge in [-0.05, 0) is 30.5 Å². The van der Waals surface area contributed by atoms with Crippen LogP contribution in [-0.4, -0.2) is 18.8 Å². The fourth-order valence-electron chi connectivity index (χ4n) is 1.17. The topological polar surface area (TPSA) is 29.5 Å². The minimum atomic E-state index is 0.252. The van der Waals surface area contributed by atoms with Gasteiger partial charge in [-0.1, -0.05) is 24.3 Å². The maximum atomic E-state index is 8.59. The van der Waals surface area contributed by atoms with Crippen LogP contribution < -0.4 is 4.74 Å². The van der Waals surface area contributed by atoms with Crippen LogP contribution in [0.2, 0.25) is 0 Å². The lowest BCUT2D eigenvalue weighted by Crippen LogP contribution is -1.82. The molecule has 2 nitrogen and oxygen atoms in total. The summed E-state index contributed by atoms with van der Waals surface area (Å²) in [4.78, 5) is 0. The van der Waals surface area contributed by atoms with Crippen LogP contribution >= 0.6 is 0 Å². The van der Waals surface area contributed by atoms with Crippen molar-refractivity contribution in [3.8, 4) is 5.75 Å². The summed E-state index contributed by atoms with van der Waals surface area (Å²) in [5.41, 5.74) is 1.13. The van der Waals surface area contributed by atoms with Gasteiger partial charge in [0.1, 0.15) is 5.75 Å². The Balaban J connectivity index is 2.53. The molecule has 0 radical (unpaired) electrons. The molecule has 14 heavy (non-hydrogen) atoms. The third kappa shape index (κ3) is 3.62. The van der Waals surface area contributed by atoms with Crippen LogP contribution in [0.25, 0.3) is 6.08 Å². The Hall–Kier alpha value is -1.28. The van der Waals surface area contributed by atoms with Crippen molar-refractivity contribution in [3.05, 3.63) is 35.9 Å². The summed E-state index contributed by atoms with van der Waals surface area (Å²) >= 11 is 0. The second kappa shape index (κ2) is 6.22. The highest BCUT2D eigenvalue weighted by Crippen LogP contribution is 2.13. The number of benzene rings is 1. The van der Waals surface area contributed by atoms with E-state index in [2.05, 4.69) is 6.08 Å². The second-order valence-electron chi connectivity index (χ2n) is 3.04. The molecule has 0 atom stereocenters. The van der Waals surface area contributed by atoms with Gasteiger partial charge in [-0.2, -0.15) is 0 Å². The Morgan fingerprint density at radius 1 is 1.43 bits per heavy atom. The van der Waals surface area contributed by atoms with E-state index < -0.39 is 0 Å². The van der Waals surface area contributed by atoms with Gasteiger partial charge in [0.25, 0.3) is 0 Å². The molecule has 2 heteroatoms. The molecule has 0 unspecified atom stereocenters. The fourth-order valence-corrected chi connectivity index (χ4v) is 1.17. The van der Waals surface area contributed by atoms with Crippen LogP contribution in [-0.2, 0) is 0 Å². The maximum Gasteiger partial charge on any atom is 0.119 e. The first-order valence-electron chi connectivity index (χ1n) is 4.78. The Morgan fingerprint density at radius 3 is 3.00 bits per heavy atom. The number of aliphatic hydroxyl groups is 1. The molecule has 0 heterocycles. The summed E-state index contributed by atoms with van der Waals surface area (Å²) in [5.74, 6) is 0.870. The van der Waals surface area contributed by atoms with Crippen LogP contribution in [0.4, 0.5) is 0 Å². The van der Waals surface area contributed by atoms with E-state index >= 15 is 0 Å². The predicted octanol–water partition coefficient (Wildman–Crippen LogP) is 2.48. The van der Waals surface area contributed by atoms with Crippen LogP contribution in [0.15, 0.2) is 30.3 Å². The van der Waals surface area contributed by atoms with Crippen molar-refractivity contribution in [2.24, 2.45) is 0 Å². The standard InChI is InChI=1S/C12H16O2/c1-14-12-8-5-7-11(10-12)6-3-2-4-9-13/h3,5-8,10,13H,2,4,9H2,1H3/b6-3+. The van der Waals surface area contributed by atoms with Crippen molar-refractivity contribution in [2.75, 3.05) is 13.7 Å². The van der Waals surface area contributed by atoms with Gasteiger partial charge in [0.05, 0.1) is 7.11 Å². The lowest BCUT2D eigenvalue weighted by molar-refractivity contribution is 0.290. The average molecular weight is 192 g/mol.